The molecule has 3 aromatic rings. The Bertz CT molecular complexity index is 1470. The van der Waals surface area contributed by atoms with Crippen LogP contribution in [0.15, 0.2) is 69.3 Å². The van der Waals surface area contributed by atoms with Gasteiger partial charge in [0.05, 0.1) is 26.2 Å². The predicted molar refractivity (Wildman–Crippen MR) is 124 cm³/mol. The molecule has 0 saturated heterocycles. The molecular formula is C22H13ClF2N2O5S2. The lowest BCUT2D eigenvalue weighted by Gasteiger charge is -2.19. The Hall–Kier alpha value is -3.28. The number of rotatable bonds is 5. The Balaban J connectivity index is 1.67. The summed E-state index contributed by atoms with van der Waals surface area (Å²) in [6, 6.07) is 11.1. The van der Waals surface area contributed by atoms with Crippen molar-refractivity contribution in [3.05, 3.63) is 97.4 Å². The molecule has 0 bridgehead atoms. The number of carbonyl (C=O) groups excluding carboxylic acids is 1. The highest BCUT2D eigenvalue weighted by Gasteiger charge is 2.26. The fraction of sp³-hybridized carbons (Fsp3) is 0.0455. The number of fused-ring (bicyclic) bond motifs is 1. The highest BCUT2D eigenvalue weighted by atomic mass is 35.5. The van der Waals surface area contributed by atoms with Crippen LogP contribution in [-0.2, 0) is 20.4 Å². The van der Waals surface area contributed by atoms with Gasteiger partial charge in [-0.15, -0.1) is 0 Å². The number of nitro groups is 1. The summed E-state index contributed by atoms with van der Waals surface area (Å²) in [6.07, 6.45) is 1.40. The lowest BCUT2D eigenvalue weighted by atomic mass is 10.2. The molecule has 4 rings (SSSR count). The van der Waals surface area contributed by atoms with Crippen molar-refractivity contribution in [1.82, 2.24) is 0 Å². The minimum Gasteiger partial charge on any atom is -0.320 e. The van der Waals surface area contributed by atoms with Crippen molar-refractivity contribution in [1.29, 1.82) is 0 Å². The first-order valence-corrected chi connectivity index (χ1v) is 12.3. The smallest absolute Gasteiger partial charge is 0.288 e. The van der Waals surface area contributed by atoms with Gasteiger partial charge in [-0.1, -0.05) is 35.5 Å². The van der Waals surface area contributed by atoms with Crippen LogP contribution in [0.2, 0.25) is 5.02 Å². The van der Waals surface area contributed by atoms with E-state index in [4.69, 9.17) is 11.6 Å². The van der Waals surface area contributed by atoms with Crippen molar-refractivity contribution in [3.63, 3.8) is 0 Å². The summed E-state index contributed by atoms with van der Waals surface area (Å²) < 4.78 is 53.6. The third-order valence-electron chi connectivity index (χ3n) is 4.86. The molecule has 0 fully saturated rings. The van der Waals surface area contributed by atoms with Gasteiger partial charge in [-0.25, -0.2) is 17.2 Å². The van der Waals surface area contributed by atoms with Gasteiger partial charge in [-0.2, -0.15) is 0 Å². The van der Waals surface area contributed by atoms with E-state index in [-0.39, 0.29) is 20.5 Å². The highest BCUT2D eigenvalue weighted by Crippen LogP contribution is 2.41. The number of amides is 1. The second-order valence-corrected chi connectivity index (χ2v) is 10.6. The monoisotopic (exact) mass is 522 g/mol. The summed E-state index contributed by atoms with van der Waals surface area (Å²) >= 11 is 6.77. The average Bonchev–Trinajstić information content (AvgIpc) is 2.77. The van der Waals surface area contributed by atoms with Crippen molar-refractivity contribution in [2.45, 2.75) is 15.5 Å². The predicted octanol–water partition coefficient (Wildman–Crippen LogP) is 5.59. The minimum absolute atomic E-state index is 0.0561. The molecule has 34 heavy (non-hydrogen) atoms. The van der Waals surface area contributed by atoms with Gasteiger partial charge in [0.1, 0.15) is 16.7 Å². The van der Waals surface area contributed by atoms with Gasteiger partial charge in [0.25, 0.3) is 11.6 Å². The molecule has 1 aliphatic rings. The number of benzene rings is 3. The Labute approximate surface area is 201 Å². The van der Waals surface area contributed by atoms with Gasteiger partial charge in [0.2, 0.25) is 0 Å². The molecule has 0 radical (unpaired) electrons. The van der Waals surface area contributed by atoms with E-state index < -0.39 is 43.6 Å². The Morgan fingerprint density at radius 1 is 1.09 bits per heavy atom. The zero-order valence-electron chi connectivity index (χ0n) is 16.9. The topological polar surface area (TPSA) is 106 Å². The fourth-order valence-corrected chi connectivity index (χ4v) is 5.83. The van der Waals surface area contributed by atoms with E-state index in [0.29, 0.717) is 16.1 Å². The van der Waals surface area contributed by atoms with Gasteiger partial charge >= 0.3 is 0 Å². The molecule has 7 nitrogen and oxygen atoms in total. The molecule has 1 N–H and O–H groups in total. The minimum atomic E-state index is -4.12. The number of hydrogen-bond acceptors (Lipinski definition) is 6. The van der Waals surface area contributed by atoms with Crippen molar-refractivity contribution < 1.29 is 26.9 Å². The van der Waals surface area contributed by atoms with Crippen LogP contribution >= 0.6 is 23.4 Å². The first-order chi connectivity index (χ1) is 16.0. The molecule has 0 spiro atoms. The van der Waals surface area contributed by atoms with Crippen LogP contribution in [0.5, 0.6) is 0 Å². The van der Waals surface area contributed by atoms with E-state index in [2.05, 4.69) is 5.32 Å². The molecule has 174 valence electrons. The maximum absolute atomic E-state index is 14.0. The number of carbonyl (C=O) groups is 1. The lowest BCUT2D eigenvalue weighted by molar-refractivity contribution is -0.384. The van der Waals surface area contributed by atoms with E-state index in [1.165, 1.54) is 42.5 Å². The molecule has 1 amide bonds. The largest absolute Gasteiger partial charge is 0.320 e. The van der Waals surface area contributed by atoms with Crippen molar-refractivity contribution in [2.75, 3.05) is 5.32 Å². The number of halogens is 3. The Kier molecular flexibility index (Phi) is 6.43. The highest BCUT2D eigenvalue weighted by molar-refractivity contribution is 8.04. The number of sulfone groups is 1. The fourth-order valence-electron chi connectivity index (χ4n) is 3.18. The van der Waals surface area contributed by atoms with Crippen LogP contribution < -0.4 is 5.32 Å². The molecule has 0 atom stereocenters. The van der Waals surface area contributed by atoms with Crippen molar-refractivity contribution >= 4 is 56.6 Å². The third-order valence-corrected chi connectivity index (χ3v) is 7.91. The van der Waals surface area contributed by atoms with E-state index in [9.17, 15) is 32.1 Å². The molecular weight excluding hydrogens is 510 g/mol. The second kappa shape index (κ2) is 9.16. The summed E-state index contributed by atoms with van der Waals surface area (Å²) in [4.78, 5) is 23.3. The summed E-state index contributed by atoms with van der Waals surface area (Å²) in [5, 5.41) is 13.7. The summed E-state index contributed by atoms with van der Waals surface area (Å²) in [5.74, 6) is -3.30. The SMILES string of the molecule is O=C1Nc2ccc(S(=O)(=O)Cc3c(F)cccc3F)cc2S/C1=C\c1ccc(Cl)c([N+](=O)[O-])c1. The zero-order chi connectivity index (χ0) is 24.6. The Morgan fingerprint density at radius 3 is 2.47 bits per heavy atom. The lowest BCUT2D eigenvalue weighted by Crippen LogP contribution is -2.18. The number of nitro benzene ring substituents is 1. The maximum Gasteiger partial charge on any atom is 0.288 e. The summed E-state index contributed by atoms with van der Waals surface area (Å²) in [6.45, 7) is 0. The number of nitrogens with one attached hydrogen (secondary N) is 1. The molecule has 1 aliphatic heterocycles. The van der Waals surface area contributed by atoms with Gasteiger partial charge in [0.15, 0.2) is 9.84 Å². The molecule has 12 heteroatoms. The molecule has 0 aliphatic carbocycles. The van der Waals surface area contributed by atoms with E-state index in [1.807, 2.05) is 0 Å². The van der Waals surface area contributed by atoms with Crippen LogP contribution in [0.1, 0.15) is 11.1 Å². The first-order valence-electron chi connectivity index (χ1n) is 9.50. The summed E-state index contributed by atoms with van der Waals surface area (Å²) in [5.41, 5.74) is -0.196. The number of anilines is 1. The molecule has 3 aromatic carbocycles. The summed E-state index contributed by atoms with van der Waals surface area (Å²) in [7, 11) is -4.12. The molecule has 0 aromatic heterocycles. The van der Waals surface area contributed by atoms with Crippen LogP contribution in [0.4, 0.5) is 20.2 Å². The molecule has 0 unspecified atom stereocenters. The normalized spacial score (nSPS) is 14.6. The second-order valence-electron chi connectivity index (χ2n) is 7.15. The van der Waals surface area contributed by atoms with E-state index in [0.717, 1.165) is 30.0 Å². The average molecular weight is 523 g/mol. The van der Waals surface area contributed by atoms with Crippen LogP contribution in [0.25, 0.3) is 6.08 Å². The third kappa shape index (κ3) is 4.81. The Morgan fingerprint density at radius 2 is 1.79 bits per heavy atom. The van der Waals surface area contributed by atoms with E-state index in [1.54, 1.807) is 0 Å². The number of thioether (sulfide) groups is 1. The molecule has 0 saturated carbocycles. The van der Waals surface area contributed by atoms with Crippen LogP contribution in [0.3, 0.4) is 0 Å². The standard InChI is InChI=1S/C22H13ClF2N2O5S2/c23-15-6-4-12(8-19(15)27(29)30)9-21-22(28)26-18-7-5-13(10-20(18)33-21)34(31,32)11-14-16(24)2-1-3-17(14)25/h1-10H,11H2,(H,26,28)/b21-9-. The van der Waals surface area contributed by atoms with Crippen molar-refractivity contribution in [2.24, 2.45) is 0 Å². The zero-order valence-corrected chi connectivity index (χ0v) is 19.3. The van der Waals surface area contributed by atoms with Crippen LogP contribution in [0, 0.1) is 21.7 Å². The van der Waals surface area contributed by atoms with Gasteiger partial charge < -0.3 is 5.32 Å². The van der Waals surface area contributed by atoms with Gasteiger partial charge in [-0.3, -0.25) is 14.9 Å². The van der Waals surface area contributed by atoms with Crippen molar-refractivity contribution in [3.8, 4) is 0 Å². The maximum atomic E-state index is 14.0. The quantitative estimate of drug-likeness (QED) is 0.266. The van der Waals surface area contributed by atoms with E-state index >= 15 is 0 Å². The number of hydrogen-bond donors (Lipinski definition) is 1. The van der Waals surface area contributed by atoms with Gasteiger partial charge in [0, 0.05) is 16.5 Å². The van der Waals surface area contributed by atoms with Gasteiger partial charge in [-0.05, 0) is 48.0 Å². The van der Waals surface area contributed by atoms with Crippen LogP contribution in [-0.4, -0.2) is 19.2 Å². The number of nitrogens with zero attached hydrogens (tertiary/aromatic N) is 1. The first kappa shape index (κ1) is 23.9. The molecule has 1 heterocycles.